The van der Waals surface area contributed by atoms with Gasteiger partial charge in [0, 0.05) is 12.2 Å². The van der Waals surface area contributed by atoms with Crippen molar-refractivity contribution in [1.82, 2.24) is 10.6 Å². The van der Waals surface area contributed by atoms with Crippen LogP contribution < -0.4 is 16.0 Å². The van der Waals surface area contributed by atoms with Gasteiger partial charge in [0.15, 0.2) is 0 Å². The first-order valence-electron chi connectivity index (χ1n) is 6.64. The SMILES string of the molecule is CCCNC(=O)CNC(=O)Nc1ccccc1CC(=O)O. The summed E-state index contributed by atoms with van der Waals surface area (Å²) in [6.45, 7) is 2.36. The average Bonchev–Trinajstić information content (AvgIpc) is 2.44. The van der Waals surface area contributed by atoms with Gasteiger partial charge in [-0.05, 0) is 18.1 Å². The first-order valence-corrected chi connectivity index (χ1v) is 6.64. The molecule has 7 heteroatoms. The third-order valence-electron chi connectivity index (χ3n) is 2.59. The summed E-state index contributed by atoms with van der Waals surface area (Å²) in [5.74, 6) is -1.26. The van der Waals surface area contributed by atoms with Crippen molar-refractivity contribution in [2.24, 2.45) is 0 Å². The standard InChI is InChI=1S/C14H19N3O4/c1-2-7-15-12(18)9-16-14(21)17-11-6-4-3-5-10(11)8-13(19)20/h3-6H,2,7-9H2,1H3,(H,15,18)(H,19,20)(H2,16,17,21). The van der Waals surface area contributed by atoms with E-state index in [-0.39, 0.29) is 18.9 Å². The van der Waals surface area contributed by atoms with Gasteiger partial charge in [-0.25, -0.2) is 4.79 Å². The molecule has 0 unspecified atom stereocenters. The summed E-state index contributed by atoms with van der Waals surface area (Å²) >= 11 is 0. The van der Waals surface area contributed by atoms with Crippen molar-refractivity contribution in [2.75, 3.05) is 18.4 Å². The molecule has 1 aromatic carbocycles. The van der Waals surface area contributed by atoms with Crippen LogP contribution in [0, 0.1) is 0 Å². The molecule has 0 radical (unpaired) electrons. The Morgan fingerprint density at radius 3 is 2.52 bits per heavy atom. The fourth-order valence-corrected chi connectivity index (χ4v) is 1.61. The molecule has 0 saturated heterocycles. The molecule has 3 amide bonds. The number of carbonyl (C=O) groups is 3. The minimum absolute atomic E-state index is 0.132. The summed E-state index contributed by atoms with van der Waals surface area (Å²) in [5, 5.41) is 16.4. The van der Waals surface area contributed by atoms with Gasteiger partial charge in [0.05, 0.1) is 13.0 Å². The molecule has 7 nitrogen and oxygen atoms in total. The normalized spacial score (nSPS) is 9.76. The number of amides is 3. The highest BCUT2D eigenvalue weighted by atomic mass is 16.4. The number of anilines is 1. The number of urea groups is 1. The first kappa shape index (κ1) is 16.5. The minimum atomic E-state index is -0.983. The van der Waals surface area contributed by atoms with E-state index in [1.807, 2.05) is 6.92 Å². The zero-order valence-corrected chi connectivity index (χ0v) is 11.8. The number of hydrogen-bond acceptors (Lipinski definition) is 3. The van der Waals surface area contributed by atoms with Crippen LogP contribution in [-0.4, -0.2) is 36.1 Å². The van der Waals surface area contributed by atoms with Gasteiger partial charge in [-0.3, -0.25) is 9.59 Å². The number of carbonyl (C=O) groups excluding carboxylic acids is 2. The Hall–Kier alpha value is -2.57. The quantitative estimate of drug-likeness (QED) is 0.600. The Kier molecular flexibility index (Phi) is 6.73. The van der Waals surface area contributed by atoms with Crippen molar-refractivity contribution in [1.29, 1.82) is 0 Å². The van der Waals surface area contributed by atoms with E-state index < -0.39 is 12.0 Å². The van der Waals surface area contributed by atoms with Crippen molar-refractivity contribution in [3.05, 3.63) is 29.8 Å². The molecule has 0 aliphatic carbocycles. The van der Waals surface area contributed by atoms with Crippen LogP contribution in [-0.2, 0) is 16.0 Å². The van der Waals surface area contributed by atoms with E-state index >= 15 is 0 Å². The highest BCUT2D eigenvalue weighted by molar-refractivity contribution is 5.93. The molecule has 114 valence electrons. The van der Waals surface area contributed by atoms with Crippen molar-refractivity contribution in [3.8, 4) is 0 Å². The second-order valence-electron chi connectivity index (χ2n) is 4.39. The van der Waals surface area contributed by atoms with Gasteiger partial charge in [0.1, 0.15) is 0 Å². The second kappa shape index (κ2) is 8.57. The molecule has 0 bridgehead atoms. The summed E-state index contributed by atoms with van der Waals surface area (Å²) in [7, 11) is 0. The van der Waals surface area contributed by atoms with Gasteiger partial charge in [-0.2, -0.15) is 0 Å². The number of hydrogen-bond donors (Lipinski definition) is 4. The highest BCUT2D eigenvalue weighted by Gasteiger charge is 2.10. The van der Waals surface area contributed by atoms with E-state index in [0.717, 1.165) is 6.42 Å². The number of carboxylic acid groups (broad SMARTS) is 1. The Balaban J connectivity index is 2.51. The summed E-state index contributed by atoms with van der Waals surface area (Å²) in [6.07, 6.45) is 0.633. The zero-order chi connectivity index (χ0) is 15.7. The van der Waals surface area contributed by atoms with Gasteiger partial charge in [-0.15, -0.1) is 0 Å². The lowest BCUT2D eigenvalue weighted by molar-refractivity contribution is -0.136. The van der Waals surface area contributed by atoms with Crippen LogP contribution in [0.4, 0.5) is 10.5 Å². The average molecular weight is 293 g/mol. The molecule has 0 aromatic heterocycles. The molecule has 4 N–H and O–H groups in total. The van der Waals surface area contributed by atoms with Crippen LogP contribution in [0.1, 0.15) is 18.9 Å². The molecule has 0 fully saturated rings. The fourth-order valence-electron chi connectivity index (χ4n) is 1.61. The molecule has 0 aliphatic rings. The lowest BCUT2D eigenvalue weighted by atomic mass is 10.1. The predicted octanol–water partition coefficient (Wildman–Crippen LogP) is 0.961. The van der Waals surface area contributed by atoms with E-state index in [4.69, 9.17) is 5.11 Å². The topological polar surface area (TPSA) is 108 Å². The molecule has 1 aromatic rings. The van der Waals surface area contributed by atoms with Gasteiger partial charge in [-0.1, -0.05) is 25.1 Å². The van der Waals surface area contributed by atoms with Crippen LogP contribution in [0.5, 0.6) is 0 Å². The summed E-state index contributed by atoms with van der Waals surface area (Å²) < 4.78 is 0. The van der Waals surface area contributed by atoms with E-state index in [1.54, 1.807) is 24.3 Å². The van der Waals surface area contributed by atoms with Crippen LogP contribution in [0.25, 0.3) is 0 Å². The number of carboxylic acids is 1. The number of benzene rings is 1. The summed E-state index contributed by atoms with van der Waals surface area (Å²) in [4.78, 5) is 33.8. The first-order chi connectivity index (χ1) is 10.0. The molecular weight excluding hydrogens is 274 g/mol. The summed E-state index contributed by atoms with van der Waals surface area (Å²) in [6, 6.07) is 6.06. The van der Waals surface area contributed by atoms with Crippen LogP contribution >= 0.6 is 0 Å². The van der Waals surface area contributed by atoms with Crippen molar-refractivity contribution in [3.63, 3.8) is 0 Å². The monoisotopic (exact) mass is 293 g/mol. The Morgan fingerprint density at radius 2 is 1.86 bits per heavy atom. The molecule has 0 heterocycles. The van der Waals surface area contributed by atoms with Gasteiger partial charge >= 0.3 is 12.0 Å². The number of nitrogens with one attached hydrogen (secondary N) is 3. The van der Waals surface area contributed by atoms with Crippen LogP contribution in [0.15, 0.2) is 24.3 Å². The van der Waals surface area contributed by atoms with Crippen molar-refractivity contribution < 1.29 is 19.5 Å². The maximum absolute atomic E-state index is 11.7. The third kappa shape index (κ3) is 6.42. The number of aliphatic carboxylic acids is 1. The largest absolute Gasteiger partial charge is 0.481 e. The highest BCUT2D eigenvalue weighted by Crippen LogP contribution is 2.15. The predicted molar refractivity (Wildman–Crippen MR) is 78.1 cm³/mol. The van der Waals surface area contributed by atoms with Crippen LogP contribution in [0.2, 0.25) is 0 Å². The van der Waals surface area contributed by atoms with Gasteiger partial charge in [0.25, 0.3) is 0 Å². The Morgan fingerprint density at radius 1 is 1.14 bits per heavy atom. The van der Waals surface area contributed by atoms with Gasteiger partial charge in [0.2, 0.25) is 5.91 Å². The molecule has 0 atom stereocenters. The lowest BCUT2D eigenvalue weighted by Gasteiger charge is -2.11. The Labute approximate surface area is 122 Å². The van der Waals surface area contributed by atoms with Gasteiger partial charge < -0.3 is 21.1 Å². The smallest absolute Gasteiger partial charge is 0.319 e. The molecular formula is C14H19N3O4. The summed E-state index contributed by atoms with van der Waals surface area (Å²) in [5.41, 5.74) is 0.905. The molecule has 21 heavy (non-hydrogen) atoms. The van der Waals surface area contributed by atoms with E-state index in [2.05, 4.69) is 16.0 Å². The molecule has 1 rings (SSSR count). The minimum Gasteiger partial charge on any atom is -0.481 e. The second-order valence-corrected chi connectivity index (χ2v) is 4.39. The van der Waals surface area contributed by atoms with Crippen molar-refractivity contribution in [2.45, 2.75) is 19.8 Å². The van der Waals surface area contributed by atoms with Crippen LogP contribution in [0.3, 0.4) is 0 Å². The zero-order valence-electron chi connectivity index (χ0n) is 11.8. The fraction of sp³-hybridized carbons (Fsp3) is 0.357. The molecule has 0 aliphatic heterocycles. The molecule has 0 saturated carbocycles. The van der Waals surface area contributed by atoms with E-state index in [9.17, 15) is 14.4 Å². The molecule has 0 spiro atoms. The maximum atomic E-state index is 11.7. The number of rotatable bonds is 7. The Bertz CT molecular complexity index is 517. The van der Waals surface area contributed by atoms with Crippen molar-refractivity contribution >= 4 is 23.6 Å². The van der Waals surface area contributed by atoms with E-state index in [0.29, 0.717) is 17.8 Å². The maximum Gasteiger partial charge on any atom is 0.319 e. The van der Waals surface area contributed by atoms with E-state index in [1.165, 1.54) is 0 Å². The lowest BCUT2D eigenvalue weighted by Crippen LogP contribution is -2.39. The number of para-hydroxylation sites is 1. The third-order valence-corrected chi connectivity index (χ3v) is 2.59.